The number of hydrogen-bond acceptors (Lipinski definition) is 2. The molecule has 2 aromatic rings. The van der Waals surface area contributed by atoms with Crippen LogP contribution in [0.3, 0.4) is 0 Å². The SMILES string of the molecule is CC(C)(C)Oc1ccc(PC(=O)c2c(Cl)cccc2Cl)cc1.[LiH]. The summed E-state index contributed by atoms with van der Waals surface area (Å²) in [4.78, 5) is 12.4. The van der Waals surface area contributed by atoms with Gasteiger partial charge in [0.1, 0.15) is 11.4 Å². The third-order valence-electron chi connectivity index (χ3n) is 2.73. The molecule has 118 valence electrons. The molecule has 6 heteroatoms. The number of benzene rings is 2. The fourth-order valence-electron chi connectivity index (χ4n) is 1.87. The van der Waals surface area contributed by atoms with Crippen LogP contribution < -0.4 is 10.0 Å². The quantitative estimate of drug-likeness (QED) is 0.583. The second kappa shape index (κ2) is 8.57. The molecular formula is C17H18Cl2LiO2P. The molecule has 0 aliphatic carbocycles. The number of hydrogen-bond donors (Lipinski definition) is 0. The molecule has 0 spiro atoms. The molecule has 0 aliphatic rings. The molecule has 0 saturated heterocycles. The van der Waals surface area contributed by atoms with Gasteiger partial charge in [0, 0.05) is 0 Å². The van der Waals surface area contributed by atoms with Crippen molar-refractivity contribution in [3.05, 3.63) is 58.1 Å². The van der Waals surface area contributed by atoms with Gasteiger partial charge in [-0.2, -0.15) is 0 Å². The van der Waals surface area contributed by atoms with Crippen molar-refractivity contribution in [2.75, 3.05) is 0 Å². The molecule has 0 aromatic heterocycles. The summed E-state index contributed by atoms with van der Waals surface area (Å²) in [5.74, 6) is 0.782. The van der Waals surface area contributed by atoms with Gasteiger partial charge in [-0.05, 0) is 58.9 Å². The molecule has 0 radical (unpaired) electrons. The summed E-state index contributed by atoms with van der Waals surface area (Å²) in [7, 11) is -0.0304. The zero-order valence-electron chi connectivity index (χ0n) is 12.6. The Morgan fingerprint density at radius 2 is 1.52 bits per heavy atom. The first-order chi connectivity index (χ1) is 10.3. The summed E-state index contributed by atoms with van der Waals surface area (Å²) in [6.07, 6.45) is 0. The Hall–Kier alpha value is -0.483. The van der Waals surface area contributed by atoms with Crippen molar-refractivity contribution in [3.8, 4) is 5.75 Å². The molecule has 1 unspecified atom stereocenters. The summed E-state index contributed by atoms with van der Waals surface area (Å²) in [6, 6.07) is 12.6. The van der Waals surface area contributed by atoms with E-state index in [0.717, 1.165) is 11.1 Å². The van der Waals surface area contributed by atoms with Crippen LogP contribution in [0.25, 0.3) is 0 Å². The number of carbonyl (C=O) groups excluding carboxylic acids is 1. The zero-order valence-corrected chi connectivity index (χ0v) is 15.1. The van der Waals surface area contributed by atoms with Gasteiger partial charge in [-0.1, -0.05) is 41.4 Å². The van der Waals surface area contributed by atoms with Crippen LogP contribution in [-0.2, 0) is 0 Å². The van der Waals surface area contributed by atoms with E-state index in [9.17, 15) is 4.79 Å². The predicted octanol–water partition coefficient (Wildman–Crippen LogP) is 4.67. The van der Waals surface area contributed by atoms with Gasteiger partial charge in [-0.25, -0.2) is 0 Å². The molecular weight excluding hydrogens is 345 g/mol. The maximum atomic E-state index is 12.4. The van der Waals surface area contributed by atoms with Crippen molar-refractivity contribution in [3.63, 3.8) is 0 Å². The van der Waals surface area contributed by atoms with E-state index in [-0.39, 0.29) is 38.6 Å². The van der Waals surface area contributed by atoms with Crippen molar-refractivity contribution < 1.29 is 9.53 Å². The van der Waals surface area contributed by atoms with E-state index >= 15 is 0 Å². The number of ether oxygens (including phenoxy) is 1. The van der Waals surface area contributed by atoms with E-state index in [0.29, 0.717) is 15.6 Å². The Kier molecular flexibility index (Phi) is 7.66. The van der Waals surface area contributed by atoms with Gasteiger partial charge in [0.25, 0.3) is 0 Å². The summed E-state index contributed by atoms with van der Waals surface area (Å²) in [5.41, 5.74) is 0.0734. The summed E-state index contributed by atoms with van der Waals surface area (Å²) < 4.78 is 5.76. The first kappa shape index (κ1) is 20.6. The fraction of sp³-hybridized carbons (Fsp3) is 0.235. The van der Waals surface area contributed by atoms with Crippen molar-refractivity contribution >= 4 is 61.5 Å². The molecule has 2 nitrogen and oxygen atoms in total. The zero-order chi connectivity index (χ0) is 16.3. The van der Waals surface area contributed by atoms with Crippen molar-refractivity contribution in [1.29, 1.82) is 0 Å². The van der Waals surface area contributed by atoms with E-state index < -0.39 is 0 Å². The van der Waals surface area contributed by atoms with E-state index in [1.165, 1.54) is 0 Å². The van der Waals surface area contributed by atoms with Gasteiger partial charge in [0.15, 0.2) is 5.52 Å². The Morgan fingerprint density at radius 1 is 1.00 bits per heavy atom. The number of halogens is 2. The Labute approximate surface area is 160 Å². The molecule has 23 heavy (non-hydrogen) atoms. The second-order valence-corrected chi connectivity index (χ2v) is 7.89. The Bertz CT molecular complexity index is 662. The van der Waals surface area contributed by atoms with Crippen molar-refractivity contribution in [1.82, 2.24) is 0 Å². The van der Waals surface area contributed by atoms with Gasteiger partial charge in [0.2, 0.25) is 0 Å². The average Bonchev–Trinajstić information content (AvgIpc) is 2.39. The Morgan fingerprint density at radius 3 is 2.00 bits per heavy atom. The van der Waals surface area contributed by atoms with E-state index in [4.69, 9.17) is 27.9 Å². The first-order valence-electron chi connectivity index (χ1n) is 6.81. The summed E-state index contributed by atoms with van der Waals surface area (Å²) in [5, 5.41) is 1.69. The first-order valence-corrected chi connectivity index (χ1v) is 8.56. The number of rotatable bonds is 4. The van der Waals surface area contributed by atoms with Crippen LogP contribution in [0.1, 0.15) is 31.1 Å². The second-order valence-electron chi connectivity index (χ2n) is 5.79. The van der Waals surface area contributed by atoms with Gasteiger partial charge in [-0.15, -0.1) is 0 Å². The van der Waals surface area contributed by atoms with Crippen molar-refractivity contribution in [2.24, 2.45) is 0 Å². The average molecular weight is 363 g/mol. The van der Waals surface area contributed by atoms with Gasteiger partial charge in [0.05, 0.1) is 15.6 Å². The van der Waals surface area contributed by atoms with Crippen LogP contribution in [0.5, 0.6) is 5.75 Å². The van der Waals surface area contributed by atoms with Crippen LogP contribution in [0.2, 0.25) is 10.0 Å². The molecule has 0 heterocycles. The molecule has 0 amide bonds. The van der Waals surface area contributed by atoms with Gasteiger partial charge in [-0.3, -0.25) is 4.79 Å². The monoisotopic (exact) mass is 362 g/mol. The minimum atomic E-state index is -0.245. The van der Waals surface area contributed by atoms with Crippen LogP contribution >= 0.6 is 31.8 Å². The van der Waals surface area contributed by atoms with Crippen LogP contribution in [-0.4, -0.2) is 30.0 Å². The molecule has 0 fully saturated rings. The predicted molar refractivity (Wildman–Crippen MR) is 103 cm³/mol. The summed E-state index contributed by atoms with van der Waals surface area (Å²) in [6.45, 7) is 5.97. The Balaban J connectivity index is 0.00000264. The van der Waals surface area contributed by atoms with E-state index in [1.807, 2.05) is 45.0 Å². The van der Waals surface area contributed by atoms with Crippen LogP contribution in [0.4, 0.5) is 0 Å². The molecule has 2 aromatic carbocycles. The molecule has 0 bridgehead atoms. The number of carbonyl (C=O) groups is 1. The third kappa shape index (κ3) is 6.15. The van der Waals surface area contributed by atoms with Gasteiger partial charge < -0.3 is 4.74 Å². The maximum absolute atomic E-state index is 12.4. The fourth-order valence-corrected chi connectivity index (χ4v) is 3.59. The van der Waals surface area contributed by atoms with Crippen LogP contribution in [0, 0.1) is 0 Å². The molecule has 0 saturated carbocycles. The van der Waals surface area contributed by atoms with Crippen molar-refractivity contribution in [2.45, 2.75) is 26.4 Å². The summed E-state index contributed by atoms with van der Waals surface area (Å²) >= 11 is 12.1. The standard InChI is InChI=1S/C17H17Cl2O2P.Li.H/c1-17(2,3)21-11-7-9-12(10-8-11)22-16(20)15-13(18)5-4-6-14(15)19;;/h4-10,22H,1-3H3;;. The molecule has 2 rings (SSSR count). The minimum absolute atomic E-state index is 0. The van der Waals surface area contributed by atoms with Gasteiger partial charge >= 0.3 is 18.9 Å². The third-order valence-corrected chi connectivity index (χ3v) is 4.46. The van der Waals surface area contributed by atoms with E-state index in [2.05, 4.69) is 0 Å². The molecule has 0 aliphatic heterocycles. The van der Waals surface area contributed by atoms with Crippen LogP contribution in [0.15, 0.2) is 42.5 Å². The molecule has 0 N–H and O–H groups in total. The normalized spacial score (nSPS) is 11.3. The van der Waals surface area contributed by atoms with E-state index in [1.54, 1.807) is 18.2 Å². The molecule has 1 atom stereocenters. The topological polar surface area (TPSA) is 26.3 Å².